The fourth-order valence-electron chi connectivity index (χ4n) is 0.421. The molecule has 0 heterocycles. The van der Waals surface area contributed by atoms with Crippen molar-refractivity contribution in [1.29, 1.82) is 0 Å². The molecule has 0 radical (unpaired) electrons. The number of aliphatic hydroxyl groups is 2. The highest BCUT2D eigenvalue weighted by Gasteiger charge is 2.22. The van der Waals surface area contributed by atoms with Crippen LogP contribution in [0.3, 0.4) is 0 Å². The van der Waals surface area contributed by atoms with E-state index in [0.717, 1.165) is 0 Å². The maximum absolute atomic E-state index is 10.8. The Bertz CT molecular complexity index is 136. The molecule has 0 saturated carbocycles. The number of aliphatic hydroxyl groups excluding tert-OH is 1. The largest absolute Gasteiger partial charge is 0.434 e. The first-order valence-corrected chi connectivity index (χ1v) is 3.43. The monoisotopic (exact) mass is 162 g/mol. The van der Waals surface area contributed by atoms with Crippen molar-refractivity contribution in [2.24, 2.45) is 5.92 Å². The minimum Gasteiger partial charge on any atom is -0.434 e. The molecule has 0 aromatic heterocycles. The van der Waals surface area contributed by atoms with Crippen molar-refractivity contribution in [2.45, 2.75) is 26.6 Å². The molecule has 0 fully saturated rings. The van der Waals surface area contributed by atoms with Crippen LogP contribution in [0, 0.1) is 5.92 Å². The Hall–Kier alpha value is -0.610. The molecule has 2 N–H and O–H groups in total. The van der Waals surface area contributed by atoms with Gasteiger partial charge < -0.3 is 14.9 Å². The van der Waals surface area contributed by atoms with Gasteiger partial charge in [0.2, 0.25) is 5.79 Å². The summed E-state index contributed by atoms with van der Waals surface area (Å²) in [5.41, 5.74) is 0. The molecule has 0 spiro atoms. The summed E-state index contributed by atoms with van der Waals surface area (Å²) in [6.45, 7) is 3.97. The van der Waals surface area contributed by atoms with Gasteiger partial charge in [-0.2, -0.15) is 0 Å². The first-order chi connectivity index (χ1) is 4.87. The molecule has 0 saturated heterocycles. The number of ether oxygens (including phenoxy) is 1. The lowest BCUT2D eigenvalue weighted by molar-refractivity contribution is -0.199. The lowest BCUT2D eigenvalue weighted by Gasteiger charge is -2.19. The van der Waals surface area contributed by atoms with Crippen LogP contribution in [0.4, 0.5) is 0 Å². The summed E-state index contributed by atoms with van der Waals surface area (Å²) in [7, 11) is 0. The van der Waals surface area contributed by atoms with E-state index in [9.17, 15) is 4.79 Å². The van der Waals surface area contributed by atoms with Crippen LogP contribution in [0.2, 0.25) is 0 Å². The Morgan fingerprint density at radius 1 is 1.64 bits per heavy atom. The Kier molecular flexibility index (Phi) is 3.48. The van der Waals surface area contributed by atoms with Gasteiger partial charge >= 0.3 is 5.97 Å². The summed E-state index contributed by atoms with van der Waals surface area (Å²) in [4.78, 5) is 10.8. The first-order valence-electron chi connectivity index (χ1n) is 3.43. The smallest absolute Gasteiger partial charge is 0.313 e. The summed E-state index contributed by atoms with van der Waals surface area (Å²) in [6, 6.07) is 0. The van der Waals surface area contributed by atoms with Crippen molar-refractivity contribution in [3.05, 3.63) is 0 Å². The molecule has 4 heteroatoms. The first kappa shape index (κ1) is 10.4. The zero-order chi connectivity index (χ0) is 9.07. The van der Waals surface area contributed by atoms with Crippen LogP contribution in [0.15, 0.2) is 0 Å². The van der Waals surface area contributed by atoms with Gasteiger partial charge in [-0.05, 0) is 6.92 Å². The highest BCUT2D eigenvalue weighted by Crippen LogP contribution is 2.07. The maximum Gasteiger partial charge on any atom is 0.313 e. The van der Waals surface area contributed by atoms with Gasteiger partial charge in [0.25, 0.3) is 0 Å². The van der Waals surface area contributed by atoms with Gasteiger partial charge in [-0.25, -0.2) is 0 Å². The van der Waals surface area contributed by atoms with Gasteiger partial charge in [0.15, 0.2) is 0 Å². The van der Waals surface area contributed by atoms with Crippen LogP contribution in [0.25, 0.3) is 0 Å². The molecular weight excluding hydrogens is 148 g/mol. The second kappa shape index (κ2) is 3.69. The van der Waals surface area contributed by atoms with Gasteiger partial charge in [0.1, 0.15) is 0 Å². The van der Waals surface area contributed by atoms with E-state index in [1.54, 1.807) is 0 Å². The molecule has 1 atom stereocenters. The molecule has 4 nitrogen and oxygen atoms in total. The Labute approximate surface area is 65.8 Å². The maximum atomic E-state index is 10.8. The van der Waals surface area contributed by atoms with Crippen molar-refractivity contribution in [3.63, 3.8) is 0 Å². The van der Waals surface area contributed by atoms with E-state index in [-0.39, 0.29) is 6.61 Å². The quantitative estimate of drug-likeness (QED) is 0.448. The number of rotatable bonds is 3. The fourth-order valence-corrected chi connectivity index (χ4v) is 0.421. The van der Waals surface area contributed by atoms with E-state index in [1.807, 2.05) is 0 Å². The van der Waals surface area contributed by atoms with Crippen molar-refractivity contribution >= 4 is 5.97 Å². The van der Waals surface area contributed by atoms with Crippen molar-refractivity contribution in [3.8, 4) is 0 Å². The summed E-state index contributed by atoms with van der Waals surface area (Å²) in [5, 5.41) is 17.5. The zero-order valence-corrected chi connectivity index (χ0v) is 7.00. The molecule has 0 bridgehead atoms. The molecule has 1 unspecified atom stereocenters. The van der Waals surface area contributed by atoms with Crippen LogP contribution in [0.5, 0.6) is 0 Å². The zero-order valence-electron chi connectivity index (χ0n) is 7.00. The highest BCUT2D eigenvalue weighted by atomic mass is 16.7. The second-order valence-corrected chi connectivity index (χ2v) is 2.95. The number of carbonyl (C=O) groups excluding carboxylic acids is 1. The topological polar surface area (TPSA) is 66.8 Å². The van der Waals surface area contributed by atoms with Crippen LogP contribution < -0.4 is 0 Å². The van der Waals surface area contributed by atoms with Crippen LogP contribution in [-0.2, 0) is 9.53 Å². The Morgan fingerprint density at radius 2 is 2.09 bits per heavy atom. The summed E-state index contributed by atoms with van der Waals surface area (Å²) >= 11 is 0. The van der Waals surface area contributed by atoms with E-state index in [1.165, 1.54) is 20.8 Å². The Balaban J connectivity index is 3.88. The summed E-state index contributed by atoms with van der Waals surface area (Å²) < 4.78 is 4.55. The molecule has 0 aromatic rings. The van der Waals surface area contributed by atoms with Crippen LogP contribution >= 0.6 is 0 Å². The van der Waals surface area contributed by atoms with E-state index in [4.69, 9.17) is 10.2 Å². The normalized spacial score (nSPS) is 14.3. The molecule has 0 amide bonds. The second-order valence-electron chi connectivity index (χ2n) is 2.95. The van der Waals surface area contributed by atoms with Crippen molar-refractivity contribution in [2.75, 3.05) is 6.61 Å². The lowest BCUT2D eigenvalue weighted by Crippen LogP contribution is -2.31. The van der Waals surface area contributed by atoms with Crippen molar-refractivity contribution < 1.29 is 19.7 Å². The minimum absolute atomic E-state index is 0.269. The molecular formula is C7H14O4. The number of hydrogen-bond donors (Lipinski definition) is 2. The SMILES string of the molecule is CC(CO)C(=O)OC(C)(C)O. The van der Waals surface area contributed by atoms with Gasteiger partial charge in [0.05, 0.1) is 12.5 Å². The average molecular weight is 162 g/mol. The van der Waals surface area contributed by atoms with Gasteiger partial charge in [0, 0.05) is 13.8 Å². The molecule has 0 aromatic carbocycles. The van der Waals surface area contributed by atoms with Crippen molar-refractivity contribution in [1.82, 2.24) is 0 Å². The molecule has 0 aliphatic heterocycles. The third-order valence-electron chi connectivity index (χ3n) is 1.03. The van der Waals surface area contributed by atoms with E-state index in [0.29, 0.717) is 0 Å². The predicted octanol–water partition coefficient (Wildman–Crippen LogP) is -0.114. The standard InChI is InChI=1S/C7H14O4/c1-5(4-8)6(9)11-7(2,3)10/h5,8,10H,4H2,1-3H3. The average Bonchev–Trinajstić information content (AvgIpc) is 1.82. The van der Waals surface area contributed by atoms with Crippen LogP contribution in [0.1, 0.15) is 20.8 Å². The third kappa shape index (κ3) is 4.75. The van der Waals surface area contributed by atoms with E-state index in [2.05, 4.69) is 4.74 Å². The summed E-state index contributed by atoms with van der Waals surface area (Å²) in [5.74, 6) is -2.64. The molecule has 11 heavy (non-hydrogen) atoms. The lowest BCUT2D eigenvalue weighted by atomic mass is 10.2. The molecule has 0 rings (SSSR count). The minimum atomic E-state index is -1.46. The molecule has 66 valence electrons. The van der Waals surface area contributed by atoms with E-state index < -0.39 is 17.7 Å². The molecule has 0 aliphatic carbocycles. The number of esters is 1. The summed E-state index contributed by atoms with van der Waals surface area (Å²) in [6.07, 6.45) is 0. The van der Waals surface area contributed by atoms with Crippen LogP contribution in [-0.4, -0.2) is 28.6 Å². The van der Waals surface area contributed by atoms with Gasteiger partial charge in [-0.15, -0.1) is 0 Å². The predicted molar refractivity (Wildman–Crippen MR) is 38.6 cm³/mol. The third-order valence-corrected chi connectivity index (χ3v) is 1.03. The molecule has 0 aliphatic rings. The highest BCUT2D eigenvalue weighted by molar-refractivity contribution is 5.72. The number of hydrogen-bond acceptors (Lipinski definition) is 4. The number of carbonyl (C=O) groups is 1. The fraction of sp³-hybridized carbons (Fsp3) is 0.857. The Morgan fingerprint density at radius 3 is 2.36 bits per heavy atom. The van der Waals surface area contributed by atoms with Gasteiger partial charge in [-0.3, -0.25) is 4.79 Å². The van der Waals surface area contributed by atoms with E-state index >= 15 is 0 Å². The van der Waals surface area contributed by atoms with Gasteiger partial charge in [-0.1, -0.05) is 0 Å².